The topological polar surface area (TPSA) is 61.4 Å². The molecule has 2 aromatic rings. The number of hydrogen-bond donors (Lipinski definition) is 2. The second-order valence-corrected chi connectivity index (χ2v) is 9.06. The molecule has 2 amide bonds. The summed E-state index contributed by atoms with van der Waals surface area (Å²) in [7, 11) is 0. The number of carbonyl (C=O) groups excluding carboxylic acids is 2. The number of nitrogens with zero attached hydrogens (tertiary/aromatic N) is 1. The van der Waals surface area contributed by atoms with Crippen LogP contribution in [0.15, 0.2) is 48.5 Å². The Kier molecular flexibility index (Phi) is 7.50. The highest BCUT2D eigenvalue weighted by Crippen LogP contribution is 2.25. The van der Waals surface area contributed by atoms with E-state index in [-0.39, 0.29) is 34.7 Å². The molecule has 0 radical (unpaired) electrons. The average Bonchev–Trinajstić information content (AvgIpc) is 2.73. The fraction of sp³-hybridized carbons (Fsp3) is 0.391. The molecule has 1 aliphatic rings. The van der Waals surface area contributed by atoms with E-state index in [0.717, 1.165) is 19.5 Å². The first-order chi connectivity index (χ1) is 14.3. The maximum absolute atomic E-state index is 12.9. The third-order valence-electron chi connectivity index (χ3n) is 5.30. The van der Waals surface area contributed by atoms with Crippen molar-refractivity contribution < 1.29 is 14.0 Å². The van der Waals surface area contributed by atoms with Crippen LogP contribution in [0.2, 0.25) is 0 Å². The zero-order valence-corrected chi connectivity index (χ0v) is 18.2. The molecule has 0 aliphatic carbocycles. The van der Waals surface area contributed by atoms with E-state index in [9.17, 15) is 14.0 Å². The molecule has 7 heteroatoms. The normalized spacial score (nSPS) is 14.1. The van der Waals surface area contributed by atoms with E-state index >= 15 is 0 Å². The smallest absolute Gasteiger partial charge is 0.234 e. The van der Waals surface area contributed by atoms with Gasteiger partial charge in [-0.05, 0) is 55.7 Å². The number of thioether (sulfide) groups is 1. The van der Waals surface area contributed by atoms with Gasteiger partial charge in [-0.2, -0.15) is 0 Å². The van der Waals surface area contributed by atoms with Crippen molar-refractivity contribution in [3.05, 3.63) is 65.5 Å². The molecule has 0 bridgehead atoms. The number of fused-ring (bicyclic) bond motifs is 1. The van der Waals surface area contributed by atoms with Crippen molar-refractivity contribution in [3.8, 4) is 0 Å². The molecule has 30 heavy (non-hydrogen) atoms. The average molecular weight is 430 g/mol. The van der Waals surface area contributed by atoms with Gasteiger partial charge in [0.05, 0.1) is 11.5 Å². The maximum atomic E-state index is 12.9. The van der Waals surface area contributed by atoms with Gasteiger partial charge in [-0.3, -0.25) is 14.5 Å². The Hall–Kier alpha value is -2.38. The number of benzene rings is 2. The molecule has 0 spiro atoms. The second-order valence-electron chi connectivity index (χ2n) is 8.08. The Balaban J connectivity index is 1.37. The minimum atomic E-state index is -0.351. The predicted molar refractivity (Wildman–Crippen MR) is 120 cm³/mol. The molecule has 0 fully saturated rings. The van der Waals surface area contributed by atoms with Gasteiger partial charge in [0, 0.05) is 30.9 Å². The number of amides is 2. The number of halogens is 1. The second kappa shape index (κ2) is 10.1. The molecule has 5 nitrogen and oxygen atoms in total. The van der Waals surface area contributed by atoms with E-state index in [4.69, 9.17) is 0 Å². The van der Waals surface area contributed by atoms with Crippen LogP contribution in [0.3, 0.4) is 0 Å². The van der Waals surface area contributed by atoms with E-state index in [1.54, 1.807) is 0 Å². The van der Waals surface area contributed by atoms with Gasteiger partial charge in [-0.1, -0.05) is 24.3 Å². The van der Waals surface area contributed by atoms with Gasteiger partial charge in [0.15, 0.2) is 0 Å². The van der Waals surface area contributed by atoms with Crippen molar-refractivity contribution in [2.75, 3.05) is 29.9 Å². The first-order valence-corrected chi connectivity index (χ1v) is 11.2. The molecule has 0 aromatic heterocycles. The largest absolute Gasteiger partial charge is 0.354 e. The highest BCUT2D eigenvalue weighted by molar-refractivity contribution is 8.00. The third-order valence-corrected chi connectivity index (χ3v) is 6.23. The monoisotopic (exact) mass is 429 g/mol. The minimum Gasteiger partial charge on any atom is -0.354 e. The van der Waals surface area contributed by atoms with Crippen LogP contribution in [0.4, 0.5) is 10.1 Å². The van der Waals surface area contributed by atoms with Crippen LogP contribution in [-0.2, 0) is 22.6 Å². The number of anilines is 1. The van der Waals surface area contributed by atoms with Crippen LogP contribution in [0.1, 0.15) is 25.0 Å². The summed E-state index contributed by atoms with van der Waals surface area (Å²) in [5.74, 6) is -0.269. The SMILES string of the molecule is CC(C)(CNC(=O)CSCC(=O)Nc1ccc(F)cc1)N1CCc2ccccc2C1. The summed E-state index contributed by atoms with van der Waals surface area (Å²) in [6, 6.07) is 14.1. The van der Waals surface area contributed by atoms with Gasteiger partial charge in [0.1, 0.15) is 5.82 Å². The zero-order chi connectivity index (χ0) is 21.6. The Bertz CT molecular complexity index is 886. The summed E-state index contributed by atoms with van der Waals surface area (Å²) in [6.45, 7) is 6.70. The predicted octanol–water partition coefficient (Wildman–Crippen LogP) is 3.45. The Labute approximate surface area is 181 Å². The lowest BCUT2D eigenvalue weighted by molar-refractivity contribution is -0.119. The molecule has 1 aliphatic heterocycles. The quantitative estimate of drug-likeness (QED) is 0.675. The first kappa shape index (κ1) is 22.3. The molecule has 160 valence electrons. The van der Waals surface area contributed by atoms with Crippen molar-refractivity contribution in [1.29, 1.82) is 0 Å². The molecule has 2 N–H and O–H groups in total. The molecule has 2 aromatic carbocycles. The van der Waals surface area contributed by atoms with Crippen molar-refractivity contribution >= 4 is 29.3 Å². The molecular weight excluding hydrogens is 401 g/mol. The maximum Gasteiger partial charge on any atom is 0.234 e. The molecule has 0 atom stereocenters. The van der Waals surface area contributed by atoms with Gasteiger partial charge in [0.2, 0.25) is 11.8 Å². The minimum absolute atomic E-state index is 0.0833. The summed E-state index contributed by atoms with van der Waals surface area (Å²) in [5.41, 5.74) is 3.14. The summed E-state index contributed by atoms with van der Waals surface area (Å²) >= 11 is 1.26. The molecule has 0 saturated carbocycles. The van der Waals surface area contributed by atoms with Gasteiger partial charge in [-0.25, -0.2) is 4.39 Å². The van der Waals surface area contributed by atoms with Crippen molar-refractivity contribution in [3.63, 3.8) is 0 Å². The molecule has 3 rings (SSSR count). The summed E-state index contributed by atoms with van der Waals surface area (Å²) in [4.78, 5) is 26.6. The van der Waals surface area contributed by atoms with Crippen LogP contribution >= 0.6 is 11.8 Å². The van der Waals surface area contributed by atoms with E-state index < -0.39 is 0 Å². The standard InChI is InChI=1S/C23H28FN3O2S/c1-23(2,27-12-11-17-5-3-4-6-18(17)13-27)16-25-21(28)14-30-15-22(29)26-20-9-7-19(24)8-10-20/h3-10H,11-16H2,1-2H3,(H,25,28)(H,26,29). The van der Waals surface area contributed by atoms with E-state index in [1.807, 2.05) is 0 Å². The van der Waals surface area contributed by atoms with Gasteiger partial charge in [0.25, 0.3) is 0 Å². The van der Waals surface area contributed by atoms with E-state index in [0.29, 0.717) is 12.2 Å². The number of hydrogen-bond acceptors (Lipinski definition) is 4. The van der Waals surface area contributed by atoms with E-state index in [2.05, 4.69) is 53.6 Å². The van der Waals surface area contributed by atoms with Gasteiger partial charge >= 0.3 is 0 Å². The number of rotatable bonds is 8. The Morgan fingerprint density at radius 2 is 1.70 bits per heavy atom. The molecular formula is C23H28FN3O2S. The van der Waals surface area contributed by atoms with Crippen LogP contribution in [0.25, 0.3) is 0 Å². The summed E-state index contributed by atoms with van der Waals surface area (Å²) < 4.78 is 12.9. The van der Waals surface area contributed by atoms with Crippen molar-refractivity contribution in [2.45, 2.75) is 32.4 Å². The molecule has 1 heterocycles. The van der Waals surface area contributed by atoms with Crippen LogP contribution in [-0.4, -0.2) is 46.8 Å². The lowest BCUT2D eigenvalue weighted by atomic mass is 9.94. The van der Waals surface area contributed by atoms with Crippen molar-refractivity contribution in [2.24, 2.45) is 0 Å². The fourth-order valence-corrected chi connectivity index (χ4v) is 4.10. The first-order valence-electron chi connectivity index (χ1n) is 10.1. The highest BCUT2D eigenvalue weighted by Gasteiger charge is 2.30. The van der Waals surface area contributed by atoms with Gasteiger partial charge < -0.3 is 10.6 Å². The fourth-order valence-electron chi connectivity index (χ4n) is 3.46. The summed E-state index contributed by atoms with van der Waals surface area (Å²) in [5, 5.41) is 5.68. The van der Waals surface area contributed by atoms with Crippen LogP contribution < -0.4 is 10.6 Å². The summed E-state index contributed by atoms with van der Waals surface area (Å²) in [6.07, 6.45) is 1.02. The number of carbonyl (C=O) groups is 2. The third kappa shape index (κ3) is 6.31. The molecule has 0 unspecified atom stereocenters. The lowest BCUT2D eigenvalue weighted by Gasteiger charge is -2.41. The van der Waals surface area contributed by atoms with Crippen LogP contribution in [0, 0.1) is 5.82 Å². The highest BCUT2D eigenvalue weighted by atomic mass is 32.2. The van der Waals surface area contributed by atoms with Crippen molar-refractivity contribution in [1.82, 2.24) is 10.2 Å². The van der Waals surface area contributed by atoms with E-state index in [1.165, 1.54) is 47.2 Å². The number of nitrogens with one attached hydrogen (secondary N) is 2. The Morgan fingerprint density at radius 1 is 1.03 bits per heavy atom. The zero-order valence-electron chi connectivity index (χ0n) is 17.4. The van der Waals surface area contributed by atoms with Gasteiger partial charge in [-0.15, -0.1) is 11.8 Å². The molecule has 0 saturated heterocycles. The lowest BCUT2D eigenvalue weighted by Crippen LogP contribution is -2.53. The Morgan fingerprint density at radius 3 is 2.43 bits per heavy atom. The van der Waals surface area contributed by atoms with Crippen LogP contribution in [0.5, 0.6) is 0 Å².